The van der Waals surface area contributed by atoms with Crippen molar-refractivity contribution in [1.82, 2.24) is 24.8 Å². The van der Waals surface area contributed by atoms with Gasteiger partial charge in [-0.2, -0.15) is 0 Å². The van der Waals surface area contributed by atoms with Crippen LogP contribution in [0.15, 0.2) is 78.0 Å². The number of rotatable bonds is 7. The summed E-state index contributed by atoms with van der Waals surface area (Å²) in [6, 6.07) is 17.9. The van der Waals surface area contributed by atoms with Gasteiger partial charge >= 0.3 is 5.69 Å². The Morgan fingerprint density at radius 2 is 1.84 bits per heavy atom. The average Bonchev–Trinajstić information content (AvgIpc) is 3.71. The van der Waals surface area contributed by atoms with E-state index in [1.165, 1.54) is 24.0 Å². The molecule has 5 aromatic rings. The molecule has 10 heteroatoms. The minimum absolute atomic E-state index is 0.145. The molecular formula is C33H33FN6O3. The number of aromatic nitrogens is 4. The molecule has 2 saturated heterocycles. The number of imidazole rings is 1. The maximum absolute atomic E-state index is 14.5. The van der Waals surface area contributed by atoms with E-state index in [1.54, 1.807) is 19.2 Å². The molecule has 3 aromatic carbocycles. The van der Waals surface area contributed by atoms with E-state index in [1.807, 2.05) is 36.4 Å². The number of H-pyrrole nitrogens is 2. The normalized spacial score (nSPS) is 19.5. The fourth-order valence-corrected chi connectivity index (χ4v) is 6.69. The van der Waals surface area contributed by atoms with Crippen LogP contribution in [0.5, 0.6) is 11.5 Å². The van der Waals surface area contributed by atoms with Crippen LogP contribution >= 0.6 is 0 Å². The van der Waals surface area contributed by atoms with Crippen LogP contribution in [0.25, 0.3) is 22.2 Å². The molecule has 1 spiro atoms. The van der Waals surface area contributed by atoms with Gasteiger partial charge in [0.1, 0.15) is 17.9 Å². The molecule has 4 heterocycles. The monoisotopic (exact) mass is 580 g/mol. The molecule has 220 valence electrons. The van der Waals surface area contributed by atoms with Gasteiger partial charge in [-0.1, -0.05) is 30.3 Å². The predicted molar refractivity (Wildman–Crippen MR) is 163 cm³/mol. The van der Waals surface area contributed by atoms with E-state index in [4.69, 9.17) is 4.74 Å². The van der Waals surface area contributed by atoms with E-state index in [0.29, 0.717) is 34.0 Å². The third-order valence-corrected chi connectivity index (χ3v) is 8.76. The van der Waals surface area contributed by atoms with E-state index < -0.39 is 6.10 Å². The van der Waals surface area contributed by atoms with E-state index in [0.717, 1.165) is 56.6 Å². The fourth-order valence-electron chi connectivity index (χ4n) is 6.69. The number of hydrogen-bond donors (Lipinski definition) is 3. The predicted octanol–water partition coefficient (Wildman–Crippen LogP) is 5.40. The van der Waals surface area contributed by atoms with Crippen molar-refractivity contribution in [2.45, 2.75) is 32.4 Å². The van der Waals surface area contributed by atoms with Crippen LogP contribution in [0.2, 0.25) is 0 Å². The first-order valence-corrected chi connectivity index (χ1v) is 14.6. The summed E-state index contributed by atoms with van der Waals surface area (Å²) in [5, 5.41) is 10.4. The standard InChI is InChI=1S/C33H33FN6O3/c1-21(41)24-4-2-3-5-25(24)26-15-23(34)7-9-29(26)43-30-16-35-20-36-31(30)40-13-11-33(19-40)10-12-39(18-33)17-22-6-8-27-28(14-22)38-32(42)37-27/h2-9,14-16,20-21,41H,10-13,17-19H2,1H3,(H2,37,38,42). The number of nitrogens with one attached hydrogen (secondary N) is 2. The number of aliphatic hydroxyl groups is 1. The summed E-state index contributed by atoms with van der Waals surface area (Å²) in [5.74, 6) is 1.30. The SMILES string of the molecule is CC(O)c1ccccc1-c1cc(F)ccc1Oc1cncnc1N1CCC2(CCN(Cc3ccc4[nH]c(=O)[nH]c4c3)C2)C1. The maximum Gasteiger partial charge on any atom is 0.323 e. The van der Waals surface area contributed by atoms with Crippen molar-refractivity contribution in [2.24, 2.45) is 5.41 Å². The summed E-state index contributed by atoms with van der Waals surface area (Å²) in [6.07, 6.45) is 4.59. The second kappa shape index (κ2) is 10.9. The fraction of sp³-hybridized carbons (Fsp3) is 0.303. The van der Waals surface area contributed by atoms with Crippen LogP contribution < -0.4 is 15.3 Å². The Morgan fingerprint density at radius 1 is 1.00 bits per heavy atom. The molecule has 0 bridgehead atoms. The third kappa shape index (κ3) is 5.39. The van der Waals surface area contributed by atoms with Crippen LogP contribution in [-0.4, -0.2) is 56.1 Å². The van der Waals surface area contributed by atoms with Crippen LogP contribution in [-0.2, 0) is 6.54 Å². The van der Waals surface area contributed by atoms with Crippen LogP contribution in [0.4, 0.5) is 10.2 Å². The van der Waals surface area contributed by atoms with Gasteiger partial charge in [0.05, 0.1) is 23.3 Å². The Balaban J connectivity index is 1.10. The Labute approximate surface area is 248 Å². The van der Waals surface area contributed by atoms with Crippen molar-refractivity contribution in [3.8, 4) is 22.6 Å². The highest BCUT2D eigenvalue weighted by molar-refractivity contribution is 5.75. The van der Waals surface area contributed by atoms with Gasteiger partial charge in [0.2, 0.25) is 0 Å². The second-order valence-electron chi connectivity index (χ2n) is 11.8. The molecule has 0 saturated carbocycles. The van der Waals surface area contributed by atoms with Crippen molar-refractivity contribution in [2.75, 3.05) is 31.1 Å². The highest BCUT2D eigenvalue weighted by atomic mass is 19.1. The van der Waals surface area contributed by atoms with Crippen molar-refractivity contribution in [1.29, 1.82) is 0 Å². The first-order chi connectivity index (χ1) is 20.9. The highest BCUT2D eigenvalue weighted by Gasteiger charge is 2.44. The number of anilines is 1. The lowest BCUT2D eigenvalue weighted by Crippen LogP contribution is -2.31. The highest BCUT2D eigenvalue weighted by Crippen LogP contribution is 2.44. The van der Waals surface area contributed by atoms with Gasteiger partial charge in [0.25, 0.3) is 0 Å². The van der Waals surface area contributed by atoms with E-state index in [2.05, 4.69) is 35.8 Å². The third-order valence-electron chi connectivity index (χ3n) is 8.76. The lowest BCUT2D eigenvalue weighted by Gasteiger charge is -2.26. The summed E-state index contributed by atoms with van der Waals surface area (Å²) >= 11 is 0. The summed E-state index contributed by atoms with van der Waals surface area (Å²) < 4.78 is 20.9. The van der Waals surface area contributed by atoms with Gasteiger partial charge in [0, 0.05) is 37.2 Å². The summed E-state index contributed by atoms with van der Waals surface area (Å²) in [5.41, 5.74) is 4.73. The zero-order valence-electron chi connectivity index (χ0n) is 23.9. The number of ether oxygens (including phenoxy) is 1. The summed E-state index contributed by atoms with van der Waals surface area (Å²) in [4.78, 5) is 30.9. The van der Waals surface area contributed by atoms with E-state index in [-0.39, 0.29) is 16.9 Å². The number of nitrogens with zero attached hydrogens (tertiary/aromatic N) is 4. The van der Waals surface area contributed by atoms with Crippen molar-refractivity contribution in [3.63, 3.8) is 0 Å². The molecule has 2 aliphatic heterocycles. The molecule has 2 aliphatic rings. The van der Waals surface area contributed by atoms with Crippen LogP contribution in [0.1, 0.15) is 37.0 Å². The Hall–Kier alpha value is -4.54. The maximum atomic E-state index is 14.5. The smallest absolute Gasteiger partial charge is 0.323 e. The van der Waals surface area contributed by atoms with Gasteiger partial charge in [-0.3, -0.25) is 4.90 Å². The number of fused-ring (bicyclic) bond motifs is 1. The quantitative estimate of drug-likeness (QED) is 0.236. The summed E-state index contributed by atoms with van der Waals surface area (Å²) in [6.45, 7) is 6.20. The molecular weight excluding hydrogens is 547 g/mol. The van der Waals surface area contributed by atoms with Crippen molar-refractivity contribution in [3.05, 3.63) is 101 Å². The van der Waals surface area contributed by atoms with Gasteiger partial charge < -0.3 is 24.7 Å². The van der Waals surface area contributed by atoms with Gasteiger partial charge in [-0.05, 0) is 73.3 Å². The molecule has 0 radical (unpaired) electrons. The Kier molecular flexibility index (Phi) is 6.95. The minimum atomic E-state index is -0.727. The number of likely N-dealkylation sites (tertiary alicyclic amines) is 1. The molecule has 2 unspecified atom stereocenters. The Morgan fingerprint density at radius 3 is 2.72 bits per heavy atom. The van der Waals surface area contributed by atoms with E-state index >= 15 is 0 Å². The minimum Gasteiger partial charge on any atom is -0.451 e. The molecule has 3 N–H and O–H groups in total. The number of benzene rings is 3. The zero-order chi connectivity index (χ0) is 29.6. The largest absolute Gasteiger partial charge is 0.451 e. The van der Waals surface area contributed by atoms with E-state index in [9.17, 15) is 14.3 Å². The van der Waals surface area contributed by atoms with Crippen molar-refractivity contribution < 1.29 is 14.2 Å². The summed E-state index contributed by atoms with van der Waals surface area (Å²) in [7, 11) is 0. The number of halogens is 1. The average molecular weight is 581 g/mol. The van der Waals surface area contributed by atoms with Crippen molar-refractivity contribution >= 4 is 16.9 Å². The number of aliphatic hydroxyl groups excluding tert-OH is 1. The number of hydrogen-bond acceptors (Lipinski definition) is 7. The first-order valence-electron chi connectivity index (χ1n) is 14.6. The molecule has 7 rings (SSSR count). The topological polar surface area (TPSA) is 110 Å². The first kappa shape index (κ1) is 27.3. The lowest BCUT2D eigenvalue weighted by molar-refractivity contribution is 0.200. The van der Waals surface area contributed by atoms with Gasteiger partial charge in [-0.15, -0.1) is 0 Å². The van der Waals surface area contributed by atoms with Crippen LogP contribution in [0.3, 0.4) is 0 Å². The van der Waals surface area contributed by atoms with Gasteiger partial charge in [-0.25, -0.2) is 19.2 Å². The van der Waals surface area contributed by atoms with Gasteiger partial charge in [0.15, 0.2) is 11.6 Å². The Bertz CT molecular complexity index is 1850. The molecule has 2 atom stereocenters. The molecule has 43 heavy (non-hydrogen) atoms. The molecule has 9 nitrogen and oxygen atoms in total. The second-order valence-corrected chi connectivity index (χ2v) is 11.8. The molecule has 0 amide bonds. The van der Waals surface area contributed by atoms with Crippen LogP contribution in [0, 0.1) is 11.2 Å². The zero-order valence-corrected chi connectivity index (χ0v) is 23.9. The molecule has 2 aromatic heterocycles. The number of aromatic amines is 2. The lowest BCUT2D eigenvalue weighted by atomic mass is 9.86. The molecule has 0 aliphatic carbocycles. The molecule has 2 fully saturated rings.